The fourth-order valence-electron chi connectivity index (χ4n) is 2.24. The molecule has 5 heteroatoms. The molecule has 20 heavy (non-hydrogen) atoms. The molecule has 0 atom stereocenters. The SMILES string of the molecule is Cc1cc2c(N(CCO)c3ccccc3)ncnc2s1. The average molecular weight is 285 g/mol. The van der Waals surface area contributed by atoms with Crippen LogP contribution in [0, 0.1) is 6.92 Å². The molecule has 0 aliphatic heterocycles. The van der Waals surface area contributed by atoms with Crippen LogP contribution < -0.4 is 4.90 Å². The average Bonchev–Trinajstić information content (AvgIpc) is 2.86. The van der Waals surface area contributed by atoms with Crippen molar-refractivity contribution in [1.29, 1.82) is 0 Å². The van der Waals surface area contributed by atoms with Crippen molar-refractivity contribution in [3.63, 3.8) is 0 Å². The van der Waals surface area contributed by atoms with Gasteiger partial charge in [0.15, 0.2) is 0 Å². The highest BCUT2D eigenvalue weighted by molar-refractivity contribution is 7.18. The summed E-state index contributed by atoms with van der Waals surface area (Å²) in [5.41, 5.74) is 1.02. The first-order valence-corrected chi connectivity index (χ1v) is 7.26. The maximum absolute atomic E-state index is 9.35. The lowest BCUT2D eigenvalue weighted by atomic mass is 10.2. The van der Waals surface area contributed by atoms with Crippen LogP contribution in [0.2, 0.25) is 0 Å². The Morgan fingerprint density at radius 1 is 1.20 bits per heavy atom. The van der Waals surface area contributed by atoms with Crippen LogP contribution in [0.3, 0.4) is 0 Å². The van der Waals surface area contributed by atoms with E-state index in [0.717, 1.165) is 21.7 Å². The van der Waals surface area contributed by atoms with E-state index in [1.807, 2.05) is 35.2 Å². The van der Waals surface area contributed by atoms with Crippen molar-refractivity contribution < 1.29 is 5.11 Å². The molecular weight excluding hydrogens is 270 g/mol. The van der Waals surface area contributed by atoms with Crippen LogP contribution in [0.5, 0.6) is 0 Å². The summed E-state index contributed by atoms with van der Waals surface area (Å²) in [5, 5.41) is 10.4. The molecule has 102 valence electrons. The van der Waals surface area contributed by atoms with E-state index in [4.69, 9.17) is 0 Å². The third kappa shape index (κ3) is 2.37. The van der Waals surface area contributed by atoms with Gasteiger partial charge in [0.2, 0.25) is 0 Å². The number of aliphatic hydroxyl groups is 1. The van der Waals surface area contributed by atoms with E-state index in [-0.39, 0.29) is 6.61 Å². The minimum atomic E-state index is 0.0729. The highest BCUT2D eigenvalue weighted by Crippen LogP contribution is 2.33. The molecule has 0 aliphatic carbocycles. The zero-order valence-corrected chi connectivity index (χ0v) is 12.0. The molecule has 1 N–H and O–H groups in total. The summed E-state index contributed by atoms with van der Waals surface area (Å²) in [7, 11) is 0. The fourth-order valence-corrected chi connectivity index (χ4v) is 3.09. The van der Waals surface area contributed by atoms with E-state index >= 15 is 0 Å². The quantitative estimate of drug-likeness (QED) is 0.800. The number of benzene rings is 1. The van der Waals surface area contributed by atoms with E-state index in [9.17, 15) is 5.11 Å². The van der Waals surface area contributed by atoms with Gasteiger partial charge in [-0.15, -0.1) is 11.3 Å². The number of hydrogen-bond donors (Lipinski definition) is 1. The van der Waals surface area contributed by atoms with Gasteiger partial charge in [-0.1, -0.05) is 18.2 Å². The molecule has 2 aromatic heterocycles. The highest BCUT2D eigenvalue weighted by Gasteiger charge is 2.15. The number of rotatable bonds is 4. The number of thiophene rings is 1. The number of hydrogen-bond acceptors (Lipinski definition) is 5. The maximum Gasteiger partial charge on any atom is 0.145 e. The van der Waals surface area contributed by atoms with Gasteiger partial charge >= 0.3 is 0 Å². The minimum Gasteiger partial charge on any atom is -0.395 e. The van der Waals surface area contributed by atoms with E-state index in [0.29, 0.717) is 6.54 Å². The third-order valence-corrected chi connectivity index (χ3v) is 4.04. The number of anilines is 2. The second-order valence-electron chi connectivity index (χ2n) is 4.48. The number of aliphatic hydroxyl groups excluding tert-OH is 1. The first-order chi connectivity index (χ1) is 9.79. The zero-order valence-electron chi connectivity index (χ0n) is 11.2. The molecule has 0 spiro atoms. The highest BCUT2D eigenvalue weighted by atomic mass is 32.1. The predicted molar refractivity (Wildman–Crippen MR) is 82.7 cm³/mol. The summed E-state index contributed by atoms with van der Waals surface area (Å²) in [6, 6.07) is 12.1. The van der Waals surface area contributed by atoms with Crippen LogP contribution in [-0.4, -0.2) is 28.2 Å². The number of aryl methyl sites for hydroxylation is 1. The van der Waals surface area contributed by atoms with Crippen molar-refractivity contribution in [2.24, 2.45) is 0 Å². The number of nitrogens with zero attached hydrogens (tertiary/aromatic N) is 3. The van der Waals surface area contributed by atoms with Gasteiger partial charge in [-0.3, -0.25) is 0 Å². The van der Waals surface area contributed by atoms with Crippen LogP contribution in [0.15, 0.2) is 42.7 Å². The van der Waals surface area contributed by atoms with Gasteiger partial charge in [0.25, 0.3) is 0 Å². The molecule has 0 saturated heterocycles. The molecule has 2 heterocycles. The lowest BCUT2D eigenvalue weighted by Gasteiger charge is -2.23. The smallest absolute Gasteiger partial charge is 0.145 e. The van der Waals surface area contributed by atoms with Crippen LogP contribution in [0.1, 0.15) is 4.88 Å². The van der Waals surface area contributed by atoms with Crippen molar-refractivity contribution in [3.8, 4) is 0 Å². The van der Waals surface area contributed by atoms with Crippen molar-refractivity contribution in [1.82, 2.24) is 9.97 Å². The standard InChI is InChI=1S/C15H15N3OS/c1-11-9-13-14(16-10-17-15(13)20-11)18(7-8-19)12-5-3-2-4-6-12/h2-6,9-10,19H,7-8H2,1H3. The van der Waals surface area contributed by atoms with Crippen LogP contribution in [0.4, 0.5) is 11.5 Å². The van der Waals surface area contributed by atoms with Crippen molar-refractivity contribution >= 4 is 33.1 Å². The molecule has 0 bridgehead atoms. The Balaban J connectivity index is 2.14. The molecule has 3 rings (SSSR count). The van der Waals surface area contributed by atoms with Crippen LogP contribution in [-0.2, 0) is 0 Å². The second kappa shape index (κ2) is 5.56. The third-order valence-electron chi connectivity index (χ3n) is 3.08. The summed E-state index contributed by atoms with van der Waals surface area (Å²) >= 11 is 1.66. The van der Waals surface area contributed by atoms with Crippen molar-refractivity contribution in [2.75, 3.05) is 18.1 Å². The van der Waals surface area contributed by atoms with Crippen molar-refractivity contribution in [2.45, 2.75) is 6.92 Å². The second-order valence-corrected chi connectivity index (χ2v) is 5.72. The largest absolute Gasteiger partial charge is 0.395 e. The molecule has 0 fully saturated rings. The summed E-state index contributed by atoms with van der Waals surface area (Å²) in [6.07, 6.45) is 1.58. The summed E-state index contributed by atoms with van der Waals surface area (Å²) in [4.78, 5) is 13.0. The molecule has 4 nitrogen and oxygen atoms in total. The Hall–Kier alpha value is -1.98. The van der Waals surface area contributed by atoms with Gasteiger partial charge in [-0.05, 0) is 25.1 Å². The van der Waals surface area contributed by atoms with E-state index in [2.05, 4.69) is 23.0 Å². The number of para-hydroxylation sites is 1. The van der Waals surface area contributed by atoms with Gasteiger partial charge in [0.05, 0.1) is 12.0 Å². The molecule has 0 unspecified atom stereocenters. The number of aromatic nitrogens is 2. The molecule has 1 aromatic carbocycles. The van der Waals surface area contributed by atoms with Crippen LogP contribution >= 0.6 is 11.3 Å². The normalized spacial score (nSPS) is 10.9. The first-order valence-electron chi connectivity index (χ1n) is 6.44. The molecule has 0 saturated carbocycles. The summed E-state index contributed by atoms with van der Waals surface area (Å²) in [6.45, 7) is 2.64. The fraction of sp³-hybridized carbons (Fsp3) is 0.200. The summed E-state index contributed by atoms with van der Waals surface area (Å²) in [5.74, 6) is 0.847. The van der Waals surface area contributed by atoms with Gasteiger partial charge in [0, 0.05) is 17.1 Å². The summed E-state index contributed by atoms with van der Waals surface area (Å²) < 4.78 is 0. The Morgan fingerprint density at radius 3 is 2.75 bits per heavy atom. The van der Waals surface area contributed by atoms with E-state index in [1.165, 1.54) is 4.88 Å². The molecule has 0 amide bonds. The van der Waals surface area contributed by atoms with Gasteiger partial charge in [-0.2, -0.15) is 0 Å². The van der Waals surface area contributed by atoms with E-state index in [1.54, 1.807) is 17.7 Å². The predicted octanol–water partition coefficient (Wildman–Crippen LogP) is 3.13. The first kappa shape index (κ1) is 13.0. The van der Waals surface area contributed by atoms with E-state index < -0.39 is 0 Å². The lowest BCUT2D eigenvalue weighted by molar-refractivity contribution is 0.305. The zero-order chi connectivity index (χ0) is 13.9. The molecule has 0 radical (unpaired) electrons. The Morgan fingerprint density at radius 2 is 2.00 bits per heavy atom. The van der Waals surface area contributed by atoms with Crippen LogP contribution in [0.25, 0.3) is 10.2 Å². The van der Waals surface area contributed by atoms with Gasteiger partial charge < -0.3 is 10.0 Å². The maximum atomic E-state index is 9.35. The lowest BCUT2D eigenvalue weighted by Crippen LogP contribution is -2.22. The Labute approximate surface area is 121 Å². The van der Waals surface area contributed by atoms with Crippen molar-refractivity contribution in [3.05, 3.63) is 47.6 Å². The van der Waals surface area contributed by atoms with Gasteiger partial charge in [0.1, 0.15) is 17.0 Å². The molecule has 3 aromatic rings. The molecule has 0 aliphatic rings. The van der Waals surface area contributed by atoms with Gasteiger partial charge in [-0.25, -0.2) is 9.97 Å². The monoisotopic (exact) mass is 285 g/mol. The Bertz CT molecular complexity index is 711. The minimum absolute atomic E-state index is 0.0729. The topological polar surface area (TPSA) is 49.2 Å². The molecular formula is C15H15N3OS. The number of fused-ring (bicyclic) bond motifs is 1. The Kier molecular flexibility index (Phi) is 3.62.